The number of fused-ring (bicyclic) bond motifs is 1. The molecule has 0 spiro atoms. The Morgan fingerprint density at radius 2 is 1.60 bits per heavy atom. The van der Waals surface area contributed by atoms with E-state index in [1.54, 1.807) is 12.1 Å². The second kappa shape index (κ2) is 4.82. The van der Waals surface area contributed by atoms with Crippen LogP contribution in [0.5, 0.6) is 0 Å². The maximum absolute atomic E-state index is 12.8. The summed E-state index contributed by atoms with van der Waals surface area (Å²) in [5.41, 5.74) is 8.72. The van der Waals surface area contributed by atoms with E-state index in [4.69, 9.17) is 5.73 Å². The maximum atomic E-state index is 12.8. The molecule has 3 rings (SSSR count). The molecule has 3 aromatic carbocycles. The van der Waals surface area contributed by atoms with Crippen LogP contribution in [0.1, 0.15) is 21.5 Å². The second-order valence-electron chi connectivity index (χ2n) is 4.89. The van der Waals surface area contributed by atoms with Crippen molar-refractivity contribution < 1.29 is 4.79 Å². The van der Waals surface area contributed by atoms with Crippen molar-refractivity contribution >= 4 is 22.2 Å². The fourth-order valence-corrected chi connectivity index (χ4v) is 2.52. The monoisotopic (exact) mass is 261 g/mol. The van der Waals surface area contributed by atoms with Gasteiger partial charge in [-0.1, -0.05) is 48.5 Å². The third kappa shape index (κ3) is 1.95. The van der Waals surface area contributed by atoms with Crippen LogP contribution in [-0.4, -0.2) is 5.78 Å². The average Bonchev–Trinajstić information content (AvgIpc) is 2.47. The molecule has 0 aliphatic carbocycles. The smallest absolute Gasteiger partial charge is 0.195 e. The second-order valence-corrected chi connectivity index (χ2v) is 4.89. The minimum absolute atomic E-state index is 0.0163. The lowest BCUT2D eigenvalue weighted by molar-refractivity contribution is 0.104. The van der Waals surface area contributed by atoms with Crippen LogP contribution < -0.4 is 5.73 Å². The molecule has 0 aliphatic rings. The Morgan fingerprint density at radius 1 is 0.900 bits per heavy atom. The standard InChI is InChI=1S/C18H15NO/c1-12-10-11-13-6-2-3-7-14(13)17(12)18(20)15-8-4-5-9-16(15)19/h2-11H,19H2,1H3. The molecule has 0 amide bonds. The average molecular weight is 261 g/mol. The Bertz CT molecular complexity index is 805. The molecule has 0 saturated carbocycles. The van der Waals surface area contributed by atoms with Gasteiger partial charge in [-0.2, -0.15) is 0 Å². The van der Waals surface area contributed by atoms with E-state index in [0.29, 0.717) is 11.3 Å². The van der Waals surface area contributed by atoms with Crippen LogP contribution in [0.15, 0.2) is 60.7 Å². The van der Waals surface area contributed by atoms with Gasteiger partial charge in [0, 0.05) is 16.8 Å². The Balaban J connectivity index is 2.27. The third-order valence-electron chi connectivity index (χ3n) is 3.57. The number of carbonyl (C=O) groups is 1. The van der Waals surface area contributed by atoms with Crippen molar-refractivity contribution in [1.29, 1.82) is 0 Å². The maximum Gasteiger partial charge on any atom is 0.195 e. The number of benzene rings is 3. The number of anilines is 1. The first-order valence-corrected chi connectivity index (χ1v) is 6.56. The SMILES string of the molecule is Cc1ccc2ccccc2c1C(=O)c1ccccc1N. The summed E-state index contributed by atoms with van der Waals surface area (Å²) in [6.45, 7) is 1.96. The molecular formula is C18H15NO. The summed E-state index contributed by atoms with van der Waals surface area (Å²) in [6, 6.07) is 19.1. The lowest BCUT2D eigenvalue weighted by Crippen LogP contribution is -2.07. The minimum Gasteiger partial charge on any atom is -0.398 e. The molecule has 0 radical (unpaired) electrons. The van der Waals surface area contributed by atoms with E-state index in [-0.39, 0.29) is 5.78 Å². The van der Waals surface area contributed by atoms with E-state index in [2.05, 4.69) is 0 Å². The van der Waals surface area contributed by atoms with E-state index in [1.165, 1.54) is 0 Å². The van der Waals surface area contributed by atoms with Gasteiger partial charge in [-0.3, -0.25) is 4.79 Å². The minimum atomic E-state index is -0.0163. The summed E-state index contributed by atoms with van der Waals surface area (Å²) in [4.78, 5) is 12.8. The van der Waals surface area contributed by atoms with Crippen molar-refractivity contribution in [2.75, 3.05) is 5.73 Å². The largest absolute Gasteiger partial charge is 0.398 e. The number of para-hydroxylation sites is 1. The predicted octanol–water partition coefficient (Wildman–Crippen LogP) is 3.96. The Morgan fingerprint density at radius 3 is 2.40 bits per heavy atom. The number of rotatable bonds is 2. The van der Waals surface area contributed by atoms with Crippen LogP contribution >= 0.6 is 0 Å². The van der Waals surface area contributed by atoms with E-state index >= 15 is 0 Å². The van der Waals surface area contributed by atoms with Crippen LogP contribution in [0.4, 0.5) is 5.69 Å². The fourth-order valence-electron chi connectivity index (χ4n) is 2.52. The van der Waals surface area contributed by atoms with Gasteiger partial charge in [-0.05, 0) is 35.4 Å². The number of carbonyl (C=O) groups excluding carboxylic acids is 1. The zero-order valence-electron chi connectivity index (χ0n) is 11.3. The molecule has 3 aromatic rings. The highest BCUT2D eigenvalue weighted by molar-refractivity contribution is 6.19. The van der Waals surface area contributed by atoms with E-state index in [9.17, 15) is 4.79 Å². The fraction of sp³-hybridized carbons (Fsp3) is 0.0556. The van der Waals surface area contributed by atoms with Crippen molar-refractivity contribution in [2.45, 2.75) is 6.92 Å². The molecule has 2 N–H and O–H groups in total. The summed E-state index contributed by atoms with van der Waals surface area (Å²) in [7, 11) is 0. The highest BCUT2D eigenvalue weighted by Gasteiger charge is 2.16. The lowest BCUT2D eigenvalue weighted by atomic mass is 9.93. The first-order chi connectivity index (χ1) is 9.68. The molecule has 2 nitrogen and oxygen atoms in total. The lowest BCUT2D eigenvalue weighted by Gasteiger charge is -2.11. The molecule has 0 aliphatic heterocycles. The first kappa shape index (κ1) is 12.4. The van der Waals surface area contributed by atoms with Gasteiger partial charge in [0.1, 0.15) is 0 Å². The zero-order chi connectivity index (χ0) is 14.1. The van der Waals surface area contributed by atoms with E-state index < -0.39 is 0 Å². The van der Waals surface area contributed by atoms with Gasteiger partial charge >= 0.3 is 0 Å². The quantitative estimate of drug-likeness (QED) is 0.560. The Hall–Kier alpha value is -2.61. The number of aryl methyl sites for hydroxylation is 1. The third-order valence-corrected chi connectivity index (χ3v) is 3.57. The number of hydrogen-bond donors (Lipinski definition) is 1. The van der Waals surface area contributed by atoms with Gasteiger partial charge in [-0.15, -0.1) is 0 Å². The molecule has 0 fully saturated rings. The van der Waals surface area contributed by atoms with Crippen LogP contribution in [0.3, 0.4) is 0 Å². The van der Waals surface area contributed by atoms with Gasteiger partial charge in [0.15, 0.2) is 5.78 Å². The summed E-state index contributed by atoms with van der Waals surface area (Å²) in [5, 5.41) is 2.04. The van der Waals surface area contributed by atoms with Crippen LogP contribution in [0.25, 0.3) is 10.8 Å². The summed E-state index contributed by atoms with van der Waals surface area (Å²) in [6.07, 6.45) is 0. The van der Waals surface area contributed by atoms with Gasteiger partial charge in [0.2, 0.25) is 0 Å². The van der Waals surface area contributed by atoms with Crippen LogP contribution in [0, 0.1) is 6.92 Å². The topological polar surface area (TPSA) is 43.1 Å². The van der Waals surface area contributed by atoms with E-state index in [0.717, 1.165) is 21.9 Å². The number of nitrogen functional groups attached to an aromatic ring is 1. The first-order valence-electron chi connectivity index (χ1n) is 6.56. The molecule has 0 saturated heterocycles. The molecule has 0 heterocycles. The molecule has 0 aromatic heterocycles. The van der Waals surface area contributed by atoms with Crippen molar-refractivity contribution in [3.8, 4) is 0 Å². The predicted molar refractivity (Wildman–Crippen MR) is 83.0 cm³/mol. The van der Waals surface area contributed by atoms with Crippen molar-refractivity contribution in [2.24, 2.45) is 0 Å². The Labute approximate surface area is 117 Å². The normalized spacial score (nSPS) is 10.7. The zero-order valence-corrected chi connectivity index (χ0v) is 11.3. The van der Waals surface area contributed by atoms with Crippen LogP contribution in [-0.2, 0) is 0 Å². The molecule has 0 unspecified atom stereocenters. The van der Waals surface area contributed by atoms with Gasteiger partial charge < -0.3 is 5.73 Å². The number of nitrogens with two attached hydrogens (primary N) is 1. The molecule has 20 heavy (non-hydrogen) atoms. The summed E-state index contributed by atoms with van der Waals surface area (Å²) >= 11 is 0. The van der Waals surface area contributed by atoms with Gasteiger partial charge in [0.05, 0.1) is 0 Å². The highest BCUT2D eigenvalue weighted by Crippen LogP contribution is 2.26. The molecule has 0 atom stereocenters. The molecular weight excluding hydrogens is 246 g/mol. The van der Waals surface area contributed by atoms with Crippen molar-refractivity contribution in [3.63, 3.8) is 0 Å². The number of hydrogen-bond acceptors (Lipinski definition) is 2. The van der Waals surface area contributed by atoms with Crippen LogP contribution in [0.2, 0.25) is 0 Å². The molecule has 0 bridgehead atoms. The van der Waals surface area contributed by atoms with Crippen molar-refractivity contribution in [3.05, 3.63) is 77.4 Å². The number of ketones is 1. The molecule has 2 heteroatoms. The molecule has 98 valence electrons. The van der Waals surface area contributed by atoms with E-state index in [1.807, 2.05) is 55.5 Å². The van der Waals surface area contributed by atoms with Gasteiger partial charge in [0.25, 0.3) is 0 Å². The Kier molecular flexibility index (Phi) is 2.99. The summed E-state index contributed by atoms with van der Waals surface area (Å²) in [5.74, 6) is -0.0163. The van der Waals surface area contributed by atoms with Crippen molar-refractivity contribution in [1.82, 2.24) is 0 Å². The van der Waals surface area contributed by atoms with Gasteiger partial charge in [-0.25, -0.2) is 0 Å². The highest BCUT2D eigenvalue weighted by atomic mass is 16.1. The summed E-state index contributed by atoms with van der Waals surface area (Å²) < 4.78 is 0.